The molecule has 2 aliphatic rings. The number of nitrogens with two attached hydrogens (primary N) is 1. The maximum absolute atomic E-state index is 12.6. The van der Waals surface area contributed by atoms with Crippen molar-refractivity contribution >= 4 is 11.8 Å². The van der Waals surface area contributed by atoms with Crippen LogP contribution in [0.5, 0.6) is 0 Å². The molecule has 3 rings (SSSR count). The summed E-state index contributed by atoms with van der Waals surface area (Å²) < 4.78 is 10.8. The average molecular weight is 327 g/mol. The zero-order valence-electron chi connectivity index (χ0n) is 13.9. The van der Waals surface area contributed by atoms with Gasteiger partial charge in [-0.25, -0.2) is 4.79 Å². The van der Waals surface area contributed by atoms with Gasteiger partial charge >= 0.3 is 5.97 Å². The normalized spacial score (nSPS) is 20.6. The van der Waals surface area contributed by atoms with Crippen molar-refractivity contribution in [2.24, 2.45) is 5.73 Å². The zero-order chi connectivity index (χ0) is 17.3. The van der Waals surface area contributed by atoms with Crippen molar-refractivity contribution in [3.63, 3.8) is 0 Å². The summed E-state index contributed by atoms with van der Waals surface area (Å²) in [6, 6.07) is 7.75. The number of carbonyl (C=O) groups excluding carboxylic acids is 2. The van der Waals surface area contributed by atoms with Gasteiger partial charge in [0.15, 0.2) is 5.78 Å². The Labute approximate surface area is 141 Å². The summed E-state index contributed by atoms with van der Waals surface area (Å²) in [5.74, 6) is -0.430. The van der Waals surface area contributed by atoms with Gasteiger partial charge in [0.1, 0.15) is 11.3 Å². The van der Waals surface area contributed by atoms with Crippen LogP contribution in [0.1, 0.15) is 43.2 Å². The Morgan fingerprint density at radius 1 is 1.38 bits per heavy atom. The molecule has 1 aliphatic heterocycles. The Bertz CT molecular complexity index is 760. The van der Waals surface area contributed by atoms with Crippen LogP contribution in [0.15, 0.2) is 47.1 Å². The van der Waals surface area contributed by atoms with E-state index in [0.29, 0.717) is 24.2 Å². The molecule has 1 aliphatic carbocycles. The van der Waals surface area contributed by atoms with Crippen LogP contribution in [0, 0.1) is 6.92 Å². The minimum absolute atomic E-state index is 0.0112. The van der Waals surface area contributed by atoms with Gasteiger partial charge in [-0.2, -0.15) is 0 Å². The maximum atomic E-state index is 12.6. The molecule has 1 atom stereocenters. The Hall–Kier alpha value is -2.56. The Balaban J connectivity index is 2.17. The summed E-state index contributed by atoms with van der Waals surface area (Å²) in [5, 5.41) is 0. The van der Waals surface area contributed by atoms with Crippen LogP contribution in [-0.2, 0) is 19.1 Å². The molecule has 5 heteroatoms. The number of rotatable bonds is 3. The minimum atomic E-state index is -0.536. The van der Waals surface area contributed by atoms with Crippen LogP contribution >= 0.6 is 0 Å². The highest BCUT2D eigenvalue weighted by molar-refractivity contribution is 6.03. The molecule has 0 unspecified atom stereocenters. The number of hydrogen-bond donors (Lipinski definition) is 1. The molecule has 0 radical (unpaired) electrons. The molecule has 0 spiro atoms. The third-order valence-corrected chi connectivity index (χ3v) is 4.36. The number of esters is 1. The number of ketones is 1. The Morgan fingerprint density at radius 3 is 2.88 bits per heavy atom. The summed E-state index contributed by atoms with van der Waals surface area (Å²) in [6.07, 6.45) is 1.85. The van der Waals surface area contributed by atoms with E-state index in [1.807, 2.05) is 31.2 Å². The van der Waals surface area contributed by atoms with Crippen molar-refractivity contribution in [1.29, 1.82) is 0 Å². The molecule has 5 nitrogen and oxygen atoms in total. The molecule has 0 saturated heterocycles. The predicted octanol–water partition coefficient (Wildman–Crippen LogP) is 2.85. The third-order valence-electron chi connectivity index (χ3n) is 4.36. The summed E-state index contributed by atoms with van der Waals surface area (Å²) in [5.41, 5.74) is 8.71. The lowest BCUT2D eigenvalue weighted by atomic mass is 9.77. The molecule has 1 heterocycles. The van der Waals surface area contributed by atoms with E-state index in [4.69, 9.17) is 15.2 Å². The van der Waals surface area contributed by atoms with Crippen molar-refractivity contribution in [3.8, 4) is 0 Å². The van der Waals surface area contributed by atoms with Gasteiger partial charge in [0.2, 0.25) is 5.88 Å². The van der Waals surface area contributed by atoms with Crippen molar-refractivity contribution in [1.82, 2.24) is 0 Å². The first-order chi connectivity index (χ1) is 11.5. The largest absolute Gasteiger partial charge is 0.462 e. The topological polar surface area (TPSA) is 78.6 Å². The maximum Gasteiger partial charge on any atom is 0.340 e. The molecule has 1 aromatic carbocycles. The lowest BCUT2D eigenvalue weighted by molar-refractivity contribution is -0.139. The quantitative estimate of drug-likeness (QED) is 0.864. The summed E-state index contributed by atoms with van der Waals surface area (Å²) >= 11 is 0. The number of hydrogen-bond acceptors (Lipinski definition) is 5. The second-order valence-electron chi connectivity index (χ2n) is 6.06. The predicted molar refractivity (Wildman–Crippen MR) is 88.7 cm³/mol. The SMILES string of the molecule is CCOC(=O)C1=C(N)OC2=C(C(=O)CCC2)[C@@H]1c1cccc(C)c1. The van der Waals surface area contributed by atoms with Gasteiger partial charge in [0, 0.05) is 18.4 Å². The number of benzene rings is 1. The highest BCUT2D eigenvalue weighted by Gasteiger charge is 2.41. The highest BCUT2D eigenvalue weighted by Crippen LogP contribution is 2.44. The van der Waals surface area contributed by atoms with E-state index in [9.17, 15) is 9.59 Å². The molecule has 0 bridgehead atoms. The van der Waals surface area contributed by atoms with Gasteiger partial charge in [-0.3, -0.25) is 4.79 Å². The van der Waals surface area contributed by atoms with Gasteiger partial charge in [0.05, 0.1) is 12.5 Å². The first-order valence-corrected chi connectivity index (χ1v) is 8.20. The van der Waals surface area contributed by atoms with E-state index in [1.54, 1.807) is 6.92 Å². The van der Waals surface area contributed by atoms with Crippen molar-refractivity contribution in [3.05, 3.63) is 58.2 Å². The number of allylic oxidation sites excluding steroid dienone is 2. The van der Waals surface area contributed by atoms with Crippen LogP contribution in [0.2, 0.25) is 0 Å². The van der Waals surface area contributed by atoms with E-state index in [1.165, 1.54) is 0 Å². The van der Waals surface area contributed by atoms with Crippen molar-refractivity contribution in [2.75, 3.05) is 6.61 Å². The minimum Gasteiger partial charge on any atom is -0.462 e. The molecule has 0 amide bonds. The first kappa shape index (κ1) is 16.3. The van der Waals surface area contributed by atoms with E-state index in [0.717, 1.165) is 17.5 Å². The fourth-order valence-electron chi connectivity index (χ4n) is 3.35. The fourth-order valence-corrected chi connectivity index (χ4v) is 3.35. The van der Waals surface area contributed by atoms with Crippen LogP contribution in [0.4, 0.5) is 0 Å². The Morgan fingerprint density at radius 2 is 2.17 bits per heavy atom. The molecular weight excluding hydrogens is 306 g/mol. The molecule has 126 valence electrons. The third kappa shape index (κ3) is 2.82. The van der Waals surface area contributed by atoms with Gasteiger partial charge in [0.25, 0.3) is 0 Å². The van der Waals surface area contributed by atoms with E-state index in [2.05, 4.69) is 0 Å². The van der Waals surface area contributed by atoms with Crippen LogP contribution in [0.25, 0.3) is 0 Å². The molecular formula is C19H21NO4. The summed E-state index contributed by atoms with van der Waals surface area (Å²) in [4.78, 5) is 25.1. The van der Waals surface area contributed by atoms with Crippen molar-refractivity contribution < 1.29 is 19.1 Å². The van der Waals surface area contributed by atoms with E-state index >= 15 is 0 Å². The zero-order valence-corrected chi connectivity index (χ0v) is 13.9. The second kappa shape index (κ2) is 6.51. The van der Waals surface area contributed by atoms with Gasteiger partial charge in [-0.15, -0.1) is 0 Å². The van der Waals surface area contributed by atoms with Gasteiger partial charge in [-0.05, 0) is 25.8 Å². The second-order valence-corrected chi connectivity index (χ2v) is 6.06. The van der Waals surface area contributed by atoms with Crippen LogP contribution < -0.4 is 5.73 Å². The van der Waals surface area contributed by atoms with Gasteiger partial charge in [-0.1, -0.05) is 29.8 Å². The average Bonchev–Trinajstić information content (AvgIpc) is 2.54. The number of Topliss-reactive ketones (excluding diaryl/α,β-unsaturated/α-hetero) is 1. The monoisotopic (exact) mass is 327 g/mol. The van der Waals surface area contributed by atoms with E-state index in [-0.39, 0.29) is 23.8 Å². The number of carbonyl (C=O) groups is 2. The first-order valence-electron chi connectivity index (χ1n) is 8.20. The van der Waals surface area contributed by atoms with Crippen molar-refractivity contribution in [2.45, 2.75) is 39.0 Å². The molecule has 0 aromatic heterocycles. The fraction of sp³-hybridized carbons (Fsp3) is 0.368. The van der Waals surface area contributed by atoms with Gasteiger partial charge < -0.3 is 15.2 Å². The Kier molecular flexibility index (Phi) is 4.42. The summed E-state index contributed by atoms with van der Waals surface area (Å²) in [7, 11) is 0. The molecule has 1 aromatic rings. The van der Waals surface area contributed by atoms with Crippen LogP contribution in [-0.4, -0.2) is 18.4 Å². The number of ether oxygens (including phenoxy) is 2. The lowest BCUT2D eigenvalue weighted by Gasteiger charge is -2.32. The molecule has 24 heavy (non-hydrogen) atoms. The smallest absolute Gasteiger partial charge is 0.340 e. The number of aryl methyl sites for hydroxylation is 1. The van der Waals surface area contributed by atoms with Crippen LogP contribution in [0.3, 0.4) is 0 Å². The molecule has 2 N–H and O–H groups in total. The van der Waals surface area contributed by atoms with E-state index < -0.39 is 11.9 Å². The lowest BCUT2D eigenvalue weighted by Crippen LogP contribution is -2.31. The molecule has 0 fully saturated rings. The summed E-state index contributed by atoms with van der Waals surface area (Å²) in [6.45, 7) is 3.93. The highest BCUT2D eigenvalue weighted by atomic mass is 16.5. The molecule has 0 saturated carbocycles. The standard InChI is InChI=1S/C19H21NO4/c1-3-23-19(22)17-15(12-7-4-6-11(2)10-12)16-13(21)8-5-9-14(16)24-18(17)20/h4,6-7,10,15H,3,5,8-9,20H2,1-2H3/t15-/m0/s1.